The topological polar surface area (TPSA) is 94.2 Å². The van der Waals surface area contributed by atoms with E-state index >= 15 is 0 Å². The average Bonchev–Trinajstić information content (AvgIpc) is 3.09. The van der Waals surface area contributed by atoms with Crippen LogP contribution in [0.3, 0.4) is 0 Å². The second-order valence-electron chi connectivity index (χ2n) is 6.03. The maximum Gasteiger partial charge on any atom is 0.274 e. The fraction of sp³-hybridized carbons (Fsp3) is 0.278. The molecule has 0 aromatic carbocycles. The van der Waals surface area contributed by atoms with E-state index in [1.165, 1.54) is 6.20 Å². The van der Waals surface area contributed by atoms with Crippen molar-refractivity contribution in [2.24, 2.45) is 0 Å². The highest BCUT2D eigenvalue weighted by atomic mass is 16.5. The summed E-state index contributed by atoms with van der Waals surface area (Å²) in [6.07, 6.45) is 7.03. The summed E-state index contributed by atoms with van der Waals surface area (Å²) in [6.45, 7) is 3.06. The zero-order chi connectivity index (χ0) is 17.9. The normalized spacial score (nSPS) is 13.3. The lowest BCUT2D eigenvalue weighted by atomic mass is 10.1. The van der Waals surface area contributed by atoms with Crippen molar-refractivity contribution in [2.45, 2.75) is 26.5 Å². The quantitative estimate of drug-likeness (QED) is 0.709. The average molecular weight is 351 g/mol. The monoisotopic (exact) mass is 351 g/mol. The Bertz CT molecular complexity index is 908. The van der Waals surface area contributed by atoms with Crippen molar-refractivity contribution in [3.05, 3.63) is 65.3 Å². The lowest BCUT2D eigenvalue weighted by Crippen LogP contribution is -2.36. The van der Waals surface area contributed by atoms with Gasteiger partial charge in [-0.2, -0.15) is 0 Å². The highest BCUT2D eigenvalue weighted by molar-refractivity contribution is 5.92. The van der Waals surface area contributed by atoms with E-state index in [2.05, 4.69) is 20.1 Å². The fourth-order valence-electron chi connectivity index (χ4n) is 2.80. The number of hydrogen-bond donors (Lipinski definition) is 0. The van der Waals surface area contributed by atoms with Gasteiger partial charge < -0.3 is 14.2 Å². The van der Waals surface area contributed by atoms with Crippen LogP contribution >= 0.6 is 0 Å². The zero-order valence-corrected chi connectivity index (χ0v) is 14.3. The van der Waals surface area contributed by atoms with E-state index in [-0.39, 0.29) is 12.5 Å². The molecule has 0 saturated carbocycles. The van der Waals surface area contributed by atoms with Crippen LogP contribution in [0.4, 0.5) is 0 Å². The maximum atomic E-state index is 12.7. The van der Waals surface area contributed by atoms with Crippen LogP contribution in [0.1, 0.15) is 33.2 Å². The molecule has 0 atom stereocenters. The summed E-state index contributed by atoms with van der Waals surface area (Å²) in [6, 6.07) is 3.63. The molecule has 132 valence electrons. The van der Waals surface area contributed by atoms with Crippen molar-refractivity contribution < 1.29 is 14.1 Å². The van der Waals surface area contributed by atoms with Gasteiger partial charge in [-0.3, -0.25) is 14.8 Å². The van der Waals surface area contributed by atoms with Gasteiger partial charge in [0.2, 0.25) is 0 Å². The third kappa shape index (κ3) is 3.26. The largest absolute Gasteiger partial charge is 0.486 e. The highest BCUT2D eigenvalue weighted by Gasteiger charge is 2.28. The van der Waals surface area contributed by atoms with E-state index < -0.39 is 0 Å². The van der Waals surface area contributed by atoms with E-state index in [1.54, 1.807) is 29.6 Å². The Morgan fingerprint density at radius 1 is 1.31 bits per heavy atom. The lowest BCUT2D eigenvalue weighted by molar-refractivity contribution is 0.0721. The fourth-order valence-corrected chi connectivity index (χ4v) is 2.80. The van der Waals surface area contributed by atoms with Gasteiger partial charge in [0, 0.05) is 30.9 Å². The minimum absolute atomic E-state index is 0.150. The van der Waals surface area contributed by atoms with Gasteiger partial charge in [0.15, 0.2) is 0 Å². The number of aryl methyl sites for hydroxylation is 1. The molecule has 4 heterocycles. The number of pyridine rings is 1. The first-order chi connectivity index (χ1) is 12.7. The van der Waals surface area contributed by atoms with Crippen LogP contribution < -0.4 is 4.74 Å². The molecule has 1 aliphatic heterocycles. The summed E-state index contributed by atoms with van der Waals surface area (Å²) in [5.74, 6) is 1.31. The van der Waals surface area contributed by atoms with E-state index in [4.69, 9.17) is 9.26 Å². The number of hydrogen-bond acceptors (Lipinski definition) is 7. The van der Waals surface area contributed by atoms with Gasteiger partial charge in [0.05, 0.1) is 24.6 Å². The Hall–Kier alpha value is -3.29. The number of amides is 1. The van der Waals surface area contributed by atoms with Crippen molar-refractivity contribution in [3.8, 4) is 5.75 Å². The molecule has 0 bridgehead atoms. The van der Waals surface area contributed by atoms with Crippen LogP contribution in [-0.4, -0.2) is 37.5 Å². The third-order valence-electron chi connectivity index (χ3n) is 4.21. The van der Waals surface area contributed by atoms with Crippen LogP contribution in [-0.2, 0) is 19.6 Å². The molecule has 8 nitrogen and oxygen atoms in total. The predicted octanol–water partition coefficient (Wildman–Crippen LogP) is 1.95. The van der Waals surface area contributed by atoms with Gasteiger partial charge in [0.25, 0.3) is 5.91 Å². The first-order valence-corrected chi connectivity index (χ1v) is 8.28. The van der Waals surface area contributed by atoms with E-state index in [9.17, 15) is 4.79 Å². The molecule has 0 unspecified atom stereocenters. The van der Waals surface area contributed by atoms with Gasteiger partial charge in [0.1, 0.15) is 29.5 Å². The SMILES string of the molecule is Cc1cnc(C(=O)N2CCc3onc(COc4cccnc4)c3C2)cn1. The summed E-state index contributed by atoms with van der Waals surface area (Å²) >= 11 is 0. The molecular weight excluding hydrogens is 334 g/mol. The standard InChI is InChI=1S/C18H17N5O3/c1-12-7-21-15(9-20-12)18(24)23-6-4-17-14(10-23)16(22-26-17)11-25-13-3-2-5-19-8-13/h2-3,5,7-9H,4,6,10-11H2,1H3. The van der Waals surface area contributed by atoms with Gasteiger partial charge in [-0.25, -0.2) is 4.98 Å². The third-order valence-corrected chi connectivity index (χ3v) is 4.21. The maximum absolute atomic E-state index is 12.7. The highest BCUT2D eigenvalue weighted by Crippen LogP contribution is 2.24. The minimum atomic E-state index is -0.150. The first kappa shape index (κ1) is 16.2. The molecule has 3 aromatic rings. The molecule has 0 radical (unpaired) electrons. The van der Waals surface area contributed by atoms with Crippen molar-refractivity contribution in [1.82, 2.24) is 25.0 Å². The van der Waals surface area contributed by atoms with E-state index in [1.807, 2.05) is 13.0 Å². The minimum Gasteiger partial charge on any atom is -0.486 e. The molecule has 8 heteroatoms. The van der Waals surface area contributed by atoms with Gasteiger partial charge >= 0.3 is 0 Å². The lowest BCUT2D eigenvalue weighted by Gasteiger charge is -2.25. The molecule has 0 fully saturated rings. The number of rotatable bonds is 4. The molecule has 0 saturated heterocycles. The van der Waals surface area contributed by atoms with E-state index in [0.717, 1.165) is 17.0 Å². The number of carbonyl (C=O) groups excluding carboxylic acids is 1. The van der Waals surface area contributed by atoms with Crippen molar-refractivity contribution in [1.29, 1.82) is 0 Å². The number of nitrogens with zero attached hydrogens (tertiary/aromatic N) is 5. The predicted molar refractivity (Wildman–Crippen MR) is 90.3 cm³/mol. The van der Waals surface area contributed by atoms with E-state index in [0.29, 0.717) is 36.6 Å². The molecular formula is C18H17N5O3. The Balaban J connectivity index is 1.48. The summed E-state index contributed by atoms with van der Waals surface area (Å²) < 4.78 is 11.1. The molecule has 3 aromatic heterocycles. The Kier molecular flexibility index (Phi) is 4.30. The molecule has 1 aliphatic rings. The van der Waals surface area contributed by atoms with Gasteiger partial charge in [-0.15, -0.1) is 0 Å². The number of aromatic nitrogens is 4. The molecule has 1 amide bonds. The van der Waals surface area contributed by atoms with Crippen LogP contribution in [0, 0.1) is 6.92 Å². The molecule has 26 heavy (non-hydrogen) atoms. The molecule has 0 aliphatic carbocycles. The Morgan fingerprint density at radius 2 is 2.23 bits per heavy atom. The Labute approximate surface area is 149 Å². The summed E-state index contributed by atoms with van der Waals surface area (Å²) in [7, 11) is 0. The van der Waals surface area contributed by atoms with Crippen LogP contribution in [0.5, 0.6) is 5.75 Å². The van der Waals surface area contributed by atoms with Crippen molar-refractivity contribution in [3.63, 3.8) is 0 Å². The first-order valence-electron chi connectivity index (χ1n) is 8.28. The summed E-state index contributed by atoms with van der Waals surface area (Å²) in [5, 5.41) is 4.10. The van der Waals surface area contributed by atoms with Crippen molar-refractivity contribution >= 4 is 5.91 Å². The number of carbonyl (C=O) groups is 1. The molecule has 0 N–H and O–H groups in total. The smallest absolute Gasteiger partial charge is 0.274 e. The molecule has 0 spiro atoms. The van der Waals surface area contributed by atoms with Crippen LogP contribution in [0.15, 0.2) is 41.4 Å². The number of fused-ring (bicyclic) bond motifs is 1. The summed E-state index contributed by atoms with van der Waals surface area (Å²) in [5.41, 5.74) is 2.70. The van der Waals surface area contributed by atoms with Gasteiger partial charge in [-0.05, 0) is 19.1 Å². The second kappa shape index (κ2) is 6.91. The van der Waals surface area contributed by atoms with Gasteiger partial charge in [-0.1, -0.05) is 5.16 Å². The Morgan fingerprint density at radius 3 is 3.00 bits per heavy atom. The van der Waals surface area contributed by atoms with Crippen LogP contribution in [0.2, 0.25) is 0 Å². The molecule has 4 rings (SSSR count). The second-order valence-corrected chi connectivity index (χ2v) is 6.03. The zero-order valence-electron chi connectivity index (χ0n) is 14.3. The summed E-state index contributed by atoms with van der Waals surface area (Å²) in [4.78, 5) is 26.7. The number of ether oxygens (including phenoxy) is 1. The van der Waals surface area contributed by atoms with Crippen LogP contribution in [0.25, 0.3) is 0 Å². The van der Waals surface area contributed by atoms with Crippen molar-refractivity contribution in [2.75, 3.05) is 6.54 Å².